The summed E-state index contributed by atoms with van der Waals surface area (Å²) < 4.78 is 0. The normalized spacial score (nSPS) is 31.8. The maximum absolute atomic E-state index is 3.53. The number of nitrogens with one attached hydrogen (secondary N) is 1. The largest absolute Gasteiger partial charge is 0.316 e. The second kappa shape index (κ2) is 5.02. The van der Waals surface area contributed by atoms with E-state index in [2.05, 4.69) is 48.3 Å². The highest BCUT2D eigenvalue weighted by Gasteiger charge is 2.41. The first-order chi connectivity index (χ1) is 8.79. The summed E-state index contributed by atoms with van der Waals surface area (Å²) in [4.78, 5) is 2.69. The van der Waals surface area contributed by atoms with Gasteiger partial charge in [-0.05, 0) is 49.4 Å². The van der Waals surface area contributed by atoms with E-state index in [0.717, 1.165) is 30.8 Å². The minimum Gasteiger partial charge on any atom is -0.316 e. The fraction of sp³-hybridized carbons (Fsp3) is 0.625. The summed E-state index contributed by atoms with van der Waals surface area (Å²) in [7, 11) is 0. The van der Waals surface area contributed by atoms with E-state index in [9.17, 15) is 0 Å². The molecule has 0 radical (unpaired) electrons. The van der Waals surface area contributed by atoms with E-state index in [-0.39, 0.29) is 0 Å². The molecule has 3 atom stereocenters. The molecule has 0 amide bonds. The van der Waals surface area contributed by atoms with Crippen LogP contribution in [-0.4, -0.2) is 30.6 Å². The van der Waals surface area contributed by atoms with Crippen LogP contribution in [0.15, 0.2) is 24.3 Å². The first-order valence-electron chi connectivity index (χ1n) is 7.31. The second-order valence-electron chi connectivity index (χ2n) is 5.87. The highest BCUT2D eigenvalue weighted by molar-refractivity contribution is 5.27. The molecule has 2 nitrogen and oxygen atoms in total. The van der Waals surface area contributed by atoms with Gasteiger partial charge in [-0.2, -0.15) is 0 Å². The molecule has 2 heterocycles. The van der Waals surface area contributed by atoms with E-state index in [4.69, 9.17) is 0 Å². The average molecular weight is 244 g/mol. The van der Waals surface area contributed by atoms with Crippen LogP contribution in [0, 0.1) is 11.8 Å². The monoisotopic (exact) mass is 244 g/mol. The molecule has 2 heteroatoms. The van der Waals surface area contributed by atoms with Gasteiger partial charge in [-0.1, -0.05) is 31.2 Å². The van der Waals surface area contributed by atoms with Gasteiger partial charge in [-0.25, -0.2) is 0 Å². The van der Waals surface area contributed by atoms with E-state index < -0.39 is 0 Å². The molecule has 2 fully saturated rings. The predicted octanol–water partition coefficient (Wildman–Crippen LogP) is 2.29. The first-order valence-corrected chi connectivity index (χ1v) is 7.31. The van der Waals surface area contributed by atoms with E-state index in [1.54, 1.807) is 0 Å². The summed E-state index contributed by atoms with van der Waals surface area (Å²) in [5.74, 6) is 1.76. The van der Waals surface area contributed by atoms with Crippen LogP contribution in [0.5, 0.6) is 0 Å². The van der Waals surface area contributed by atoms with E-state index >= 15 is 0 Å². The minimum atomic E-state index is 0.731. The maximum atomic E-state index is 3.53. The van der Waals surface area contributed by atoms with Gasteiger partial charge in [0.1, 0.15) is 0 Å². The Kier molecular flexibility index (Phi) is 3.40. The third-order valence-electron chi connectivity index (χ3n) is 4.93. The van der Waals surface area contributed by atoms with Crippen LogP contribution in [0.1, 0.15) is 25.0 Å². The summed E-state index contributed by atoms with van der Waals surface area (Å²) in [5, 5.41) is 3.53. The number of nitrogens with zero attached hydrogens (tertiary/aromatic N) is 1. The van der Waals surface area contributed by atoms with Crippen LogP contribution in [0.2, 0.25) is 0 Å². The molecule has 2 aliphatic rings. The van der Waals surface area contributed by atoms with Crippen molar-refractivity contribution in [3.8, 4) is 0 Å². The molecule has 0 saturated carbocycles. The molecule has 1 N–H and O–H groups in total. The smallest absolute Gasteiger partial charge is 0.0239 e. The van der Waals surface area contributed by atoms with Gasteiger partial charge >= 0.3 is 0 Å². The number of likely N-dealkylation sites (tertiary alicyclic amines) is 1. The zero-order chi connectivity index (χ0) is 12.5. The van der Waals surface area contributed by atoms with Crippen molar-refractivity contribution in [1.82, 2.24) is 10.2 Å². The first kappa shape index (κ1) is 12.2. The number of fused-ring (bicyclic) bond motifs is 1. The molecule has 18 heavy (non-hydrogen) atoms. The Morgan fingerprint density at radius 1 is 1.22 bits per heavy atom. The van der Waals surface area contributed by atoms with Gasteiger partial charge in [-0.15, -0.1) is 0 Å². The van der Waals surface area contributed by atoms with Crippen molar-refractivity contribution in [3.05, 3.63) is 35.4 Å². The summed E-state index contributed by atoms with van der Waals surface area (Å²) in [5.41, 5.74) is 3.04. The van der Waals surface area contributed by atoms with Crippen molar-refractivity contribution in [2.45, 2.75) is 32.9 Å². The van der Waals surface area contributed by atoms with E-state index in [1.165, 1.54) is 30.8 Å². The molecule has 0 spiro atoms. The molecule has 2 saturated heterocycles. The molecule has 0 aliphatic carbocycles. The highest BCUT2D eigenvalue weighted by Crippen LogP contribution is 2.33. The zero-order valence-corrected chi connectivity index (χ0v) is 11.5. The topological polar surface area (TPSA) is 15.3 Å². The zero-order valence-electron chi connectivity index (χ0n) is 11.5. The number of hydrogen-bond donors (Lipinski definition) is 1. The van der Waals surface area contributed by atoms with Crippen molar-refractivity contribution >= 4 is 0 Å². The van der Waals surface area contributed by atoms with Crippen LogP contribution in [0.3, 0.4) is 0 Å². The Hall–Kier alpha value is -0.860. The molecule has 0 bridgehead atoms. The van der Waals surface area contributed by atoms with Gasteiger partial charge in [0.05, 0.1) is 0 Å². The van der Waals surface area contributed by atoms with Crippen molar-refractivity contribution in [3.63, 3.8) is 0 Å². The third-order valence-corrected chi connectivity index (χ3v) is 4.93. The van der Waals surface area contributed by atoms with Crippen LogP contribution < -0.4 is 5.32 Å². The van der Waals surface area contributed by atoms with Gasteiger partial charge in [0.15, 0.2) is 0 Å². The molecule has 3 unspecified atom stereocenters. The number of benzene rings is 1. The lowest BCUT2D eigenvalue weighted by Gasteiger charge is -2.25. The minimum absolute atomic E-state index is 0.731. The summed E-state index contributed by atoms with van der Waals surface area (Å²) in [6.07, 6.45) is 1.15. The Morgan fingerprint density at radius 2 is 2.00 bits per heavy atom. The Balaban J connectivity index is 1.73. The second-order valence-corrected chi connectivity index (χ2v) is 5.87. The molecule has 98 valence electrons. The number of hydrogen-bond acceptors (Lipinski definition) is 2. The van der Waals surface area contributed by atoms with Crippen LogP contribution in [0.25, 0.3) is 0 Å². The van der Waals surface area contributed by atoms with E-state index in [1.807, 2.05) is 0 Å². The lowest BCUT2D eigenvalue weighted by atomic mass is 9.95. The third kappa shape index (κ3) is 2.08. The van der Waals surface area contributed by atoms with Crippen molar-refractivity contribution < 1.29 is 0 Å². The quantitative estimate of drug-likeness (QED) is 0.877. The maximum Gasteiger partial charge on any atom is 0.0239 e. The lowest BCUT2D eigenvalue weighted by Crippen LogP contribution is -2.33. The van der Waals surface area contributed by atoms with Crippen LogP contribution in [0.4, 0.5) is 0 Å². The summed E-state index contributed by atoms with van der Waals surface area (Å²) >= 11 is 0. The molecular formula is C16H24N2. The Labute approximate surface area is 110 Å². The number of aryl methyl sites for hydroxylation is 1. The summed E-state index contributed by atoms with van der Waals surface area (Å²) in [6.45, 7) is 9.52. The molecule has 2 aliphatic heterocycles. The average Bonchev–Trinajstić information content (AvgIpc) is 2.95. The van der Waals surface area contributed by atoms with Crippen molar-refractivity contribution in [2.24, 2.45) is 11.8 Å². The highest BCUT2D eigenvalue weighted by atomic mass is 15.2. The van der Waals surface area contributed by atoms with Gasteiger partial charge in [0.2, 0.25) is 0 Å². The predicted molar refractivity (Wildman–Crippen MR) is 75.5 cm³/mol. The molecule has 3 rings (SSSR count). The van der Waals surface area contributed by atoms with Gasteiger partial charge in [-0.3, -0.25) is 4.90 Å². The molecule has 1 aromatic rings. The standard InChI is InChI=1S/C16H24N2/c1-3-13-6-4-5-7-14(13)10-18-11-15-8-17-9-16(15)12(18)2/h4-7,12,15-17H,3,8-11H2,1-2H3. The number of rotatable bonds is 3. The fourth-order valence-corrected chi connectivity index (χ4v) is 3.74. The van der Waals surface area contributed by atoms with Crippen LogP contribution in [-0.2, 0) is 13.0 Å². The van der Waals surface area contributed by atoms with Gasteiger partial charge < -0.3 is 5.32 Å². The van der Waals surface area contributed by atoms with Crippen molar-refractivity contribution in [1.29, 1.82) is 0 Å². The van der Waals surface area contributed by atoms with E-state index in [0.29, 0.717) is 0 Å². The van der Waals surface area contributed by atoms with Gasteiger partial charge in [0, 0.05) is 19.1 Å². The Morgan fingerprint density at radius 3 is 2.72 bits per heavy atom. The lowest BCUT2D eigenvalue weighted by molar-refractivity contribution is 0.231. The van der Waals surface area contributed by atoms with Crippen molar-refractivity contribution in [2.75, 3.05) is 19.6 Å². The molecular weight excluding hydrogens is 220 g/mol. The summed E-state index contributed by atoms with van der Waals surface area (Å²) in [6, 6.07) is 9.65. The fourth-order valence-electron chi connectivity index (χ4n) is 3.74. The van der Waals surface area contributed by atoms with Gasteiger partial charge in [0.25, 0.3) is 0 Å². The molecule has 1 aromatic carbocycles. The SMILES string of the molecule is CCc1ccccc1CN1CC2CNCC2C1C. The molecule has 0 aromatic heterocycles. The van der Waals surface area contributed by atoms with Crippen LogP contribution >= 0.6 is 0 Å². The Bertz CT molecular complexity index is 415.